The summed E-state index contributed by atoms with van der Waals surface area (Å²) < 4.78 is 9.74. The molecule has 1 atom stereocenters. The molecule has 1 fully saturated rings. The van der Waals surface area contributed by atoms with Crippen LogP contribution in [-0.2, 0) is 9.53 Å². The number of carbonyl (C=O) groups excluding carboxylic acids is 1. The molecule has 1 saturated heterocycles. The van der Waals surface area contributed by atoms with E-state index in [2.05, 4.69) is 0 Å². The third-order valence-electron chi connectivity index (χ3n) is 1.63. The van der Waals surface area contributed by atoms with Crippen LogP contribution in [-0.4, -0.2) is 18.7 Å². The van der Waals surface area contributed by atoms with Crippen LogP contribution in [0.1, 0.15) is 0 Å². The van der Waals surface area contributed by atoms with Crippen molar-refractivity contribution in [3.05, 3.63) is 29.3 Å². The maximum absolute atomic E-state index is 11.1. The largest absolute Gasteiger partial charge is 0.425 e. The molecule has 1 aliphatic heterocycles. The van der Waals surface area contributed by atoms with E-state index in [4.69, 9.17) is 21.1 Å². The fourth-order valence-corrected chi connectivity index (χ4v) is 0.995. The van der Waals surface area contributed by atoms with Crippen LogP contribution in [0.15, 0.2) is 24.3 Å². The summed E-state index contributed by atoms with van der Waals surface area (Å²) >= 11 is 5.66. The molecule has 0 saturated carbocycles. The molecular weight excluding hydrogens is 192 g/mol. The molecule has 1 aromatic rings. The number of halogens is 1. The Labute approximate surface area is 80.2 Å². The van der Waals surface area contributed by atoms with Gasteiger partial charge >= 0.3 is 5.97 Å². The van der Waals surface area contributed by atoms with Gasteiger partial charge in [0.25, 0.3) is 0 Å². The minimum Gasteiger partial charge on any atom is -0.425 e. The normalized spacial score (nSPS) is 19.6. The molecule has 68 valence electrons. The molecule has 1 aromatic carbocycles. The van der Waals surface area contributed by atoms with Crippen molar-refractivity contribution in [2.75, 3.05) is 6.61 Å². The third kappa shape index (κ3) is 2.20. The van der Waals surface area contributed by atoms with E-state index in [9.17, 15) is 4.79 Å². The van der Waals surface area contributed by atoms with Crippen LogP contribution in [0, 0.1) is 0 Å². The SMILES string of the molecule is O=C(Oc1ccc(Cl)cc1)C1CO1. The van der Waals surface area contributed by atoms with Gasteiger partial charge in [0, 0.05) is 5.02 Å². The summed E-state index contributed by atoms with van der Waals surface area (Å²) in [7, 11) is 0. The number of rotatable bonds is 2. The van der Waals surface area contributed by atoms with Gasteiger partial charge in [-0.3, -0.25) is 0 Å². The topological polar surface area (TPSA) is 38.8 Å². The highest BCUT2D eigenvalue weighted by Gasteiger charge is 2.33. The Morgan fingerprint density at radius 1 is 1.46 bits per heavy atom. The monoisotopic (exact) mass is 198 g/mol. The highest BCUT2D eigenvalue weighted by Crippen LogP contribution is 2.18. The molecule has 0 bridgehead atoms. The summed E-state index contributed by atoms with van der Waals surface area (Å²) in [5.41, 5.74) is 0. The zero-order valence-corrected chi connectivity index (χ0v) is 7.45. The van der Waals surface area contributed by atoms with Gasteiger partial charge in [-0.25, -0.2) is 4.79 Å². The number of hydrogen-bond donors (Lipinski definition) is 0. The maximum Gasteiger partial charge on any atom is 0.343 e. The molecule has 0 radical (unpaired) electrons. The van der Waals surface area contributed by atoms with Crippen LogP contribution in [0.4, 0.5) is 0 Å². The molecule has 1 unspecified atom stereocenters. The van der Waals surface area contributed by atoms with Gasteiger partial charge in [0.15, 0.2) is 6.10 Å². The Morgan fingerprint density at radius 2 is 2.08 bits per heavy atom. The van der Waals surface area contributed by atoms with Crippen LogP contribution in [0.5, 0.6) is 5.75 Å². The van der Waals surface area contributed by atoms with Crippen molar-refractivity contribution in [1.29, 1.82) is 0 Å². The first kappa shape index (κ1) is 8.53. The first-order valence-corrected chi connectivity index (χ1v) is 4.22. The van der Waals surface area contributed by atoms with E-state index in [0.29, 0.717) is 17.4 Å². The zero-order chi connectivity index (χ0) is 9.26. The summed E-state index contributed by atoms with van der Waals surface area (Å²) in [4.78, 5) is 11.1. The number of esters is 1. The lowest BCUT2D eigenvalue weighted by molar-refractivity contribution is -0.135. The Kier molecular flexibility index (Phi) is 2.20. The minimum absolute atomic E-state index is 0.345. The maximum atomic E-state index is 11.1. The van der Waals surface area contributed by atoms with E-state index < -0.39 is 0 Å². The van der Waals surface area contributed by atoms with Gasteiger partial charge in [0.2, 0.25) is 0 Å². The summed E-state index contributed by atoms with van der Waals surface area (Å²) in [6.45, 7) is 0.465. The first-order chi connectivity index (χ1) is 6.25. The van der Waals surface area contributed by atoms with Crippen molar-refractivity contribution < 1.29 is 14.3 Å². The van der Waals surface area contributed by atoms with Crippen molar-refractivity contribution >= 4 is 17.6 Å². The van der Waals surface area contributed by atoms with E-state index in [-0.39, 0.29) is 12.1 Å². The smallest absolute Gasteiger partial charge is 0.343 e. The van der Waals surface area contributed by atoms with E-state index in [0.717, 1.165) is 0 Å². The van der Waals surface area contributed by atoms with E-state index in [1.165, 1.54) is 0 Å². The van der Waals surface area contributed by atoms with Crippen molar-refractivity contribution in [2.45, 2.75) is 6.10 Å². The van der Waals surface area contributed by atoms with Gasteiger partial charge in [-0.1, -0.05) is 11.6 Å². The standard InChI is InChI=1S/C9H7ClO3/c10-6-1-3-7(4-2-6)13-9(11)8-5-12-8/h1-4,8H,5H2. The minimum atomic E-state index is -0.365. The van der Waals surface area contributed by atoms with Crippen molar-refractivity contribution in [3.63, 3.8) is 0 Å². The van der Waals surface area contributed by atoms with Crippen LogP contribution in [0.3, 0.4) is 0 Å². The molecule has 0 aliphatic carbocycles. The van der Waals surface area contributed by atoms with Gasteiger partial charge in [-0.2, -0.15) is 0 Å². The van der Waals surface area contributed by atoms with Gasteiger partial charge in [-0.15, -0.1) is 0 Å². The van der Waals surface area contributed by atoms with Gasteiger partial charge in [0.05, 0.1) is 6.61 Å². The van der Waals surface area contributed by atoms with Crippen LogP contribution in [0.2, 0.25) is 5.02 Å². The number of carbonyl (C=O) groups is 1. The second-order valence-corrected chi connectivity index (χ2v) is 3.13. The second kappa shape index (κ2) is 3.36. The fourth-order valence-electron chi connectivity index (χ4n) is 0.869. The van der Waals surface area contributed by atoms with Gasteiger partial charge in [-0.05, 0) is 24.3 Å². The third-order valence-corrected chi connectivity index (χ3v) is 1.88. The van der Waals surface area contributed by atoms with Crippen molar-refractivity contribution in [2.24, 2.45) is 0 Å². The zero-order valence-electron chi connectivity index (χ0n) is 6.70. The van der Waals surface area contributed by atoms with Crippen molar-refractivity contribution in [3.8, 4) is 5.75 Å². The summed E-state index contributed by atoms with van der Waals surface area (Å²) in [6.07, 6.45) is -0.365. The lowest BCUT2D eigenvalue weighted by Crippen LogP contribution is -2.14. The number of hydrogen-bond acceptors (Lipinski definition) is 3. The summed E-state index contributed by atoms with van der Waals surface area (Å²) in [5.74, 6) is 0.146. The second-order valence-electron chi connectivity index (χ2n) is 2.70. The molecule has 1 heterocycles. The molecule has 0 amide bonds. The number of ether oxygens (including phenoxy) is 2. The average Bonchev–Trinajstić information content (AvgIpc) is 2.91. The van der Waals surface area contributed by atoms with Crippen LogP contribution >= 0.6 is 11.6 Å². The van der Waals surface area contributed by atoms with Crippen LogP contribution < -0.4 is 4.74 Å². The lowest BCUT2D eigenvalue weighted by atomic mass is 10.3. The number of benzene rings is 1. The molecular formula is C9H7ClO3. The molecule has 0 N–H and O–H groups in total. The highest BCUT2D eigenvalue weighted by molar-refractivity contribution is 6.30. The molecule has 0 aromatic heterocycles. The van der Waals surface area contributed by atoms with Gasteiger partial charge < -0.3 is 9.47 Å². The van der Waals surface area contributed by atoms with E-state index in [1.807, 2.05) is 0 Å². The molecule has 2 rings (SSSR count). The lowest BCUT2D eigenvalue weighted by Gasteiger charge is -2.00. The first-order valence-electron chi connectivity index (χ1n) is 3.84. The highest BCUT2D eigenvalue weighted by atomic mass is 35.5. The molecule has 3 nitrogen and oxygen atoms in total. The Hall–Kier alpha value is -1.06. The average molecular weight is 199 g/mol. The predicted octanol–water partition coefficient (Wildman–Crippen LogP) is 1.64. The predicted molar refractivity (Wildman–Crippen MR) is 46.8 cm³/mol. The Morgan fingerprint density at radius 3 is 2.62 bits per heavy atom. The van der Waals surface area contributed by atoms with Crippen LogP contribution in [0.25, 0.3) is 0 Å². The molecule has 0 spiro atoms. The quantitative estimate of drug-likeness (QED) is 0.412. The van der Waals surface area contributed by atoms with Crippen molar-refractivity contribution in [1.82, 2.24) is 0 Å². The van der Waals surface area contributed by atoms with E-state index >= 15 is 0 Å². The number of epoxide rings is 1. The van der Waals surface area contributed by atoms with E-state index in [1.54, 1.807) is 24.3 Å². The Balaban J connectivity index is 2.00. The Bertz CT molecular complexity index is 316. The fraction of sp³-hybridized carbons (Fsp3) is 0.222. The molecule has 13 heavy (non-hydrogen) atoms. The summed E-state index contributed by atoms with van der Waals surface area (Å²) in [5, 5.41) is 0.613. The molecule has 1 aliphatic rings. The summed E-state index contributed by atoms with van der Waals surface area (Å²) in [6, 6.07) is 6.61. The van der Waals surface area contributed by atoms with Gasteiger partial charge in [0.1, 0.15) is 5.75 Å². The molecule has 4 heteroatoms.